The Balaban J connectivity index is 1.42. The summed E-state index contributed by atoms with van der Waals surface area (Å²) < 4.78 is 0. The molecule has 1 aliphatic carbocycles. The maximum Gasteiger partial charge on any atom is 0.329 e. The molecule has 0 radical (unpaired) electrons. The fraction of sp³-hybridized carbons (Fsp3) is 0.333. The third-order valence-electron chi connectivity index (χ3n) is 5.14. The third-order valence-corrected chi connectivity index (χ3v) is 5.14. The number of benzene rings is 2. The van der Waals surface area contributed by atoms with Crippen molar-refractivity contribution in [2.75, 3.05) is 10.6 Å². The van der Waals surface area contributed by atoms with E-state index in [9.17, 15) is 14.4 Å². The van der Waals surface area contributed by atoms with Crippen molar-refractivity contribution in [3.8, 4) is 0 Å². The number of nitrogens with one attached hydrogen (secondary N) is 4. The fourth-order valence-electron chi connectivity index (χ4n) is 3.50. The molecule has 0 aromatic heterocycles. The normalized spacial score (nSPS) is 14.3. The standard InChI is InChI=1S/C24H29N5O3/c1-17(28-29-24(32)23(31)27-19-10-6-3-7-11-19)16-22(30)26-21-14-12-20(13-15-21)25-18-8-4-2-5-9-18/h2,4-5,8-9,12-15,19,25H,3,6-7,10-11,16H2,1H3,(H,26,30)(H,27,31)(H,29,32)/b28-17-. The monoisotopic (exact) mass is 435 g/mol. The van der Waals surface area contributed by atoms with Crippen LogP contribution in [-0.4, -0.2) is 29.5 Å². The quantitative estimate of drug-likeness (QED) is 0.302. The summed E-state index contributed by atoms with van der Waals surface area (Å²) in [5.74, 6) is -1.78. The molecule has 1 aliphatic rings. The SMILES string of the molecule is C/C(CC(=O)Nc1ccc(Nc2ccccc2)cc1)=N/NC(=O)C(=O)NC1CCCCC1. The summed E-state index contributed by atoms with van der Waals surface area (Å²) in [6.07, 6.45) is 5.07. The van der Waals surface area contributed by atoms with Crippen LogP contribution < -0.4 is 21.4 Å². The van der Waals surface area contributed by atoms with Crippen molar-refractivity contribution in [3.05, 3.63) is 54.6 Å². The molecule has 0 atom stereocenters. The first-order chi connectivity index (χ1) is 15.5. The van der Waals surface area contributed by atoms with Crippen LogP contribution in [0.3, 0.4) is 0 Å². The Morgan fingerprint density at radius 3 is 2.16 bits per heavy atom. The van der Waals surface area contributed by atoms with E-state index in [0.717, 1.165) is 37.1 Å². The summed E-state index contributed by atoms with van der Waals surface area (Å²) in [5, 5.41) is 12.7. The number of nitrogens with zero attached hydrogens (tertiary/aromatic N) is 1. The Bertz CT molecular complexity index is 951. The fourth-order valence-corrected chi connectivity index (χ4v) is 3.50. The second-order valence-corrected chi connectivity index (χ2v) is 7.89. The highest BCUT2D eigenvalue weighted by atomic mass is 16.2. The molecular weight excluding hydrogens is 406 g/mol. The molecule has 3 rings (SSSR count). The van der Waals surface area contributed by atoms with E-state index in [0.29, 0.717) is 11.4 Å². The Morgan fingerprint density at radius 1 is 0.844 bits per heavy atom. The summed E-state index contributed by atoms with van der Waals surface area (Å²) in [6.45, 7) is 1.62. The van der Waals surface area contributed by atoms with E-state index in [1.807, 2.05) is 42.5 Å². The Hall–Kier alpha value is -3.68. The summed E-state index contributed by atoms with van der Waals surface area (Å²) in [7, 11) is 0. The summed E-state index contributed by atoms with van der Waals surface area (Å²) >= 11 is 0. The first-order valence-electron chi connectivity index (χ1n) is 10.9. The topological polar surface area (TPSA) is 112 Å². The molecule has 0 aliphatic heterocycles. The van der Waals surface area contributed by atoms with Gasteiger partial charge in [-0.1, -0.05) is 37.5 Å². The Labute approximate surface area is 187 Å². The van der Waals surface area contributed by atoms with Crippen molar-refractivity contribution in [1.29, 1.82) is 0 Å². The van der Waals surface area contributed by atoms with Gasteiger partial charge in [0.25, 0.3) is 0 Å². The average molecular weight is 436 g/mol. The minimum Gasteiger partial charge on any atom is -0.356 e. The predicted octanol–water partition coefficient (Wildman–Crippen LogP) is 3.70. The minimum absolute atomic E-state index is 0.00542. The van der Waals surface area contributed by atoms with E-state index in [-0.39, 0.29) is 18.4 Å². The van der Waals surface area contributed by atoms with Crippen LogP contribution in [0, 0.1) is 0 Å². The van der Waals surface area contributed by atoms with Gasteiger partial charge in [-0.25, -0.2) is 5.43 Å². The lowest BCUT2D eigenvalue weighted by atomic mass is 9.95. The average Bonchev–Trinajstić information content (AvgIpc) is 2.80. The van der Waals surface area contributed by atoms with Crippen molar-refractivity contribution < 1.29 is 14.4 Å². The lowest BCUT2D eigenvalue weighted by Crippen LogP contribution is -2.44. The second-order valence-electron chi connectivity index (χ2n) is 7.89. The Kier molecular flexibility index (Phi) is 8.36. The molecule has 0 unspecified atom stereocenters. The van der Waals surface area contributed by atoms with E-state index < -0.39 is 11.8 Å². The van der Waals surface area contributed by atoms with Gasteiger partial charge in [-0.3, -0.25) is 14.4 Å². The van der Waals surface area contributed by atoms with Crippen LogP contribution >= 0.6 is 0 Å². The number of carbonyl (C=O) groups excluding carboxylic acids is 3. The molecule has 2 aromatic carbocycles. The molecule has 2 aromatic rings. The lowest BCUT2D eigenvalue weighted by molar-refractivity contribution is -0.139. The van der Waals surface area contributed by atoms with Gasteiger partial charge in [-0.2, -0.15) is 5.10 Å². The number of para-hydroxylation sites is 1. The van der Waals surface area contributed by atoms with E-state index in [1.165, 1.54) is 6.42 Å². The molecule has 8 nitrogen and oxygen atoms in total. The highest BCUT2D eigenvalue weighted by molar-refractivity contribution is 6.35. The highest BCUT2D eigenvalue weighted by Crippen LogP contribution is 2.19. The van der Waals surface area contributed by atoms with Gasteiger partial charge in [-0.05, 0) is 56.2 Å². The molecule has 4 N–H and O–H groups in total. The number of hydrazone groups is 1. The zero-order chi connectivity index (χ0) is 22.8. The van der Waals surface area contributed by atoms with Crippen molar-refractivity contribution >= 4 is 40.5 Å². The Morgan fingerprint density at radius 2 is 1.47 bits per heavy atom. The number of amides is 3. The van der Waals surface area contributed by atoms with Gasteiger partial charge in [0.2, 0.25) is 5.91 Å². The third kappa shape index (κ3) is 7.54. The van der Waals surface area contributed by atoms with Crippen molar-refractivity contribution in [1.82, 2.24) is 10.7 Å². The minimum atomic E-state index is -0.822. The molecular formula is C24H29N5O3. The number of hydrogen-bond donors (Lipinski definition) is 4. The summed E-state index contributed by atoms with van der Waals surface area (Å²) in [5.41, 5.74) is 5.14. The van der Waals surface area contributed by atoms with Crippen LogP contribution in [-0.2, 0) is 14.4 Å². The van der Waals surface area contributed by atoms with Crippen molar-refractivity contribution in [2.24, 2.45) is 5.10 Å². The van der Waals surface area contributed by atoms with Gasteiger partial charge < -0.3 is 16.0 Å². The van der Waals surface area contributed by atoms with Crippen LogP contribution in [0.5, 0.6) is 0 Å². The molecule has 32 heavy (non-hydrogen) atoms. The molecule has 168 valence electrons. The van der Waals surface area contributed by atoms with Gasteiger partial charge in [0.15, 0.2) is 0 Å². The summed E-state index contributed by atoms with van der Waals surface area (Å²) in [4.78, 5) is 36.1. The molecule has 1 saturated carbocycles. The van der Waals surface area contributed by atoms with Gasteiger partial charge in [0.1, 0.15) is 0 Å². The zero-order valence-corrected chi connectivity index (χ0v) is 18.2. The first-order valence-corrected chi connectivity index (χ1v) is 10.9. The molecule has 1 fully saturated rings. The van der Waals surface area contributed by atoms with Crippen LogP contribution in [0.1, 0.15) is 45.4 Å². The van der Waals surface area contributed by atoms with Crippen LogP contribution in [0.2, 0.25) is 0 Å². The van der Waals surface area contributed by atoms with E-state index >= 15 is 0 Å². The predicted molar refractivity (Wildman–Crippen MR) is 126 cm³/mol. The van der Waals surface area contributed by atoms with Gasteiger partial charge in [0, 0.05) is 28.8 Å². The van der Waals surface area contributed by atoms with Gasteiger partial charge in [-0.15, -0.1) is 0 Å². The molecule has 0 heterocycles. The van der Waals surface area contributed by atoms with Crippen molar-refractivity contribution in [3.63, 3.8) is 0 Å². The number of carbonyl (C=O) groups is 3. The maximum atomic E-state index is 12.2. The lowest BCUT2D eigenvalue weighted by Gasteiger charge is -2.22. The smallest absolute Gasteiger partial charge is 0.329 e. The number of hydrogen-bond acceptors (Lipinski definition) is 5. The highest BCUT2D eigenvalue weighted by Gasteiger charge is 2.20. The maximum absolute atomic E-state index is 12.2. The van der Waals surface area contributed by atoms with Crippen LogP contribution in [0.25, 0.3) is 0 Å². The zero-order valence-electron chi connectivity index (χ0n) is 18.2. The van der Waals surface area contributed by atoms with E-state index in [4.69, 9.17) is 0 Å². The number of rotatable bonds is 7. The molecule has 0 bridgehead atoms. The second kappa shape index (κ2) is 11.6. The van der Waals surface area contributed by atoms with E-state index in [2.05, 4.69) is 26.5 Å². The molecule has 0 spiro atoms. The number of anilines is 3. The molecule has 0 saturated heterocycles. The van der Waals surface area contributed by atoms with Crippen molar-refractivity contribution in [2.45, 2.75) is 51.5 Å². The summed E-state index contributed by atoms with van der Waals surface area (Å²) in [6, 6.07) is 17.2. The largest absolute Gasteiger partial charge is 0.356 e. The van der Waals surface area contributed by atoms with E-state index in [1.54, 1.807) is 19.1 Å². The molecule has 8 heteroatoms. The van der Waals surface area contributed by atoms with Crippen LogP contribution in [0.15, 0.2) is 59.7 Å². The van der Waals surface area contributed by atoms with Crippen LogP contribution in [0.4, 0.5) is 17.1 Å². The van der Waals surface area contributed by atoms with Gasteiger partial charge in [0.05, 0.1) is 6.42 Å². The molecule has 3 amide bonds. The first kappa shape index (κ1) is 23.0. The van der Waals surface area contributed by atoms with Gasteiger partial charge >= 0.3 is 11.8 Å².